The van der Waals surface area contributed by atoms with E-state index >= 15 is 0 Å². The normalized spacial score (nSPS) is 15.8. The van der Waals surface area contributed by atoms with E-state index in [-0.39, 0.29) is 11.3 Å². The van der Waals surface area contributed by atoms with Crippen LogP contribution in [-0.4, -0.2) is 10.5 Å². The fourth-order valence-corrected chi connectivity index (χ4v) is 4.11. The maximum Gasteiger partial charge on any atom is 0.279 e. The molecular weight excluding hydrogens is 340 g/mol. The van der Waals surface area contributed by atoms with Crippen molar-refractivity contribution in [3.05, 3.63) is 50.2 Å². The van der Waals surface area contributed by atoms with Gasteiger partial charge in [0.05, 0.1) is 0 Å². The van der Waals surface area contributed by atoms with Gasteiger partial charge in [0, 0.05) is 27.7 Å². The first-order valence-electron chi connectivity index (χ1n) is 8.31. The zero-order chi connectivity index (χ0) is 17.5. The van der Waals surface area contributed by atoms with Gasteiger partial charge >= 0.3 is 0 Å². The van der Waals surface area contributed by atoms with E-state index in [4.69, 9.17) is 11.6 Å². The van der Waals surface area contributed by atoms with Crippen LogP contribution in [0.2, 0.25) is 5.02 Å². The number of halogens is 1. The van der Waals surface area contributed by atoms with Crippen molar-refractivity contribution in [1.29, 1.82) is 0 Å². The molecule has 1 heterocycles. The summed E-state index contributed by atoms with van der Waals surface area (Å²) in [5.41, 5.74) is 1.86. The summed E-state index contributed by atoms with van der Waals surface area (Å²) < 4.78 is 2.23. The zero-order valence-electron chi connectivity index (χ0n) is 14.6. The molecule has 1 aromatic heterocycles. The molecule has 1 fully saturated rings. The van der Waals surface area contributed by atoms with Crippen molar-refractivity contribution in [1.82, 2.24) is 4.57 Å². The van der Waals surface area contributed by atoms with E-state index in [1.54, 1.807) is 35.6 Å². The van der Waals surface area contributed by atoms with Crippen LogP contribution in [0.15, 0.2) is 29.3 Å². The molecule has 0 N–H and O–H groups in total. The molecule has 0 radical (unpaired) electrons. The van der Waals surface area contributed by atoms with Crippen LogP contribution in [0.1, 0.15) is 54.5 Å². The number of carbonyl (C=O) groups is 1. The quantitative estimate of drug-likeness (QED) is 0.759. The Labute approximate surface area is 152 Å². The van der Waals surface area contributed by atoms with Crippen molar-refractivity contribution < 1.29 is 4.79 Å². The smallest absolute Gasteiger partial charge is 0.279 e. The molecule has 0 spiro atoms. The number of benzene rings is 1. The average Bonchev–Trinajstić information content (AvgIpc) is 3.26. The molecule has 3 nitrogen and oxygen atoms in total. The van der Waals surface area contributed by atoms with Crippen molar-refractivity contribution in [2.45, 2.75) is 52.5 Å². The van der Waals surface area contributed by atoms with Crippen LogP contribution in [0.25, 0.3) is 0 Å². The van der Waals surface area contributed by atoms with E-state index in [0.29, 0.717) is 10.6 Å². The molecule has 0 atom stereocenters. The minimum Gasteiger partial charge on any atom is -0.320 e. The van der Waals surface area contributed by atoms with Gasteiger partial charge in [-0.15, -0.1) is 11.3 Å². The fraction of sp³-hybridized carbons (Fsp3) is 0.474. The van der Waals surface area contributed by atoms with Crippen LogP contribution >= 0.6 is 22.9 Å². The van der Waals surface area contributed by atoms with Gasteiger partial charge in [0.25, 0.3) is 5.91 Å². The minimum atomic E-state index is -0.210. The molecule has 1 aromatic carbocycles. The Hall–Kier alpha value is -1.39. The molecule has 0 unspecified atom stereocenters. The number of aromatic nitrogens is 1. The Kier molecular flexibility index (Phi) is 4.71. The number of carbonyl (C=O) groups excluding carboxylic acids is 1. The summed E-state index contributed by atoms with van der Waals surface area (Å²) in [7, 11) is 0. The Balaban J connectivity index is 2.04. The van der Waals surface area contributed by atoms with E-state index in [0.717, 1.165) is 17.3 Å². The summed E-state index contributed by atoms with van der Waals surface area (Å²) in [6.45, 7) is 9.73. The molecule has 0 aliphatic heterocycles. The van der Waals surface area contributed by atoms with E-state index in [1.807, 2.05) is 0 Å². The van der Waals surface area contributed by atoms with Crippen molar-refractivity contribution in [3.8, 4) is 0 Å². The van der Waals surface area contributed by atoms with Gasteiger partial charge in [-0.1, -0.05) is 32.4 Å². The van der Waals surface area contributed by atoms with Crippen LogP contribution in [0.4, 0.5) is 0 Å². The number of rotatable bonds is 3. The number of hydrogen-bond donors (Lipinski definition) is 0. The van der Waals surface area contributed by atoms with Gasteiger partial charge < -0.3 is 4.57 Å². The first-order chi connectivity index (χ1) is 11.3. The van der Waals surface area contributed by atoms with Crippen molar-refractivity contribution in [2.75, 3.05) is 0 Å². The third-order valence-electron chi connectivity index (χ3n) is 4.26. The van der Waals surface area contributed by atoms with Crippen molar-refractivity contribution in [2.24, 2.45) is 10.9 Å². The average molecular weight is 363 g/mol. The van der Waals surface area contributed by atoms with Gasteiger partial charge in [-0.2, -0.15) is 4.99 Å². The molecule has 1 aliphatic rings. The Morgan fingerprint density at radius 2 is 1.92 bits per heavy atom. The van der Waals surface area contributed by atoms with E-state index in [1.165, 1.54) is 23.4 Å². The topological polar surface area (TPSA) is 34.4 Å². The third-order valence-corrected chi connectivity index (χ3v) is 6.12. The Bertz CT molecular complexity index is 821. The van der Waals surface area contributed by atoms with Gasteiger partial charge in [0.2, 0.25) is 0 Å². The fourth-order valence-electron chi connectivity index (χ4n) is 2.78. The van der Waals surface area contributed by atoms with Gasteiger partial charge in [-0.05, 0) is 55.4 Å². The third kappa shape index (κ3) is 3.81. The van der Waals surface area contributed by atoms with E-state index in [9.17, 15) is 4.79 Å². The van der Waals surface area contributed by atoms with Gasteiger partial charge in [0.15, 0.2) is 4.80 Å². The molecule has 1 aliphatic carbocycles. The minimum absolute atomic E-state index is 0.0527. The van der Waals surface area contributed by atoms with E-state index < -0.39 is 0 Å². The molecule has 24 heavy (non-hydrogen) atoms. The summed E-state index contributed by atoms with van der Waals surface area (Å²) in [6.07, 6.45) is 2.55. The molecule has 128 valence electrons. The number of nitrogens with zero attached hydrogens (tertiary/aromatic N) is 2. The largest absolute Gasteiger partial charge is 0.320 e. The van der Waals surface area contributed by atoms with Crippen LogP contribution in [0.5, 0.6) is 0 Å². The molecule has 3 rings (SSSR count). The Morgan fingerprint density at radius 1 is 1.29 bits per heavy atom. The molecule has 5 heteroatoms. The monoisotopic (exact) mass is 362 g/mol. The summed E-state index contributed by atoms with van der Waals surface area (Å²) in [4.78, 5) is 19.1. The predicted molar refractivity (Wildman–Crippen MR) is 99.8 cm³/mol. The van der Waals surface area contributed by atoms with E-state index in [2.05, 4.69) is 37.3 Å². The molecule has 0 saturated heterocycles. The number of thiazole rings is 1. The van der Waals surface area contributed by atoms with Crippen LogP contribution in [-0.2, 0) is 12.0 Å². The summed E-state index contributed by atoms with van der Waals surface area (Å²) >= 11 is 7.53. The summed E-state index contributed by atoms with van der Waals surface area (Å²) in [6, 6.07) is 6.90. The lowest BCUT2D eigenvalue weighted by Crippen LogP contribution is -2.19. The molecular formula is C19H23ClN2OS. The maximum absolute atomic E-state index is 12.5. The first-order valence-corrected chi connectivity index (χ1v) is 9.50. The van der Waals surface area contributed by atoms with Crippen molar-refractivity contribution in [3.63, 3.8) is 0 Å². The van der Waals surface area contributed by atoms with Crippen LogP contribution in [0, 0.1) is 12.8 Å². The lowest BCUT2D eigenvalue weighted by Gasteiger charge is -2.17. The summed E-state index contributed by atoms with van der Waals surface area (Å²) in [5.74, 6) is 0.522. The first kappa shape index (κ1) is 17.4. The Morgan fingerprint density at radius 3 is 2.46 bits per heavy atom. The number of hydrogen-bond acceptors (Lipinski definition) is 2. The van der Waals surface area contributed by atoms with Gasteiger partial charge in [-0.3, -0.25) is 4.79 Å². The standard InChI is InChI=1S/C19H23ClN2OS/c1-12-16(19(2,3)4)24-18(22(12)11-13-5-6-13)21-17(23)14-7-9-15(20)10-8-14/h7-10,13H,5-6,11H2,1-4H3/b21-18-. The SMILES string of the molecule is Cc1c(C(C)(C)C)s/c(=N\C(=O)c2ccc(Cl)cc2)n1CC1CC1. The molecule has 1 amide bonds. The second-order valence-corrected chi connectivity index (χ2v) is 8.94. The maximum atomic E-state index is 12.5. The van der Waals surface area contributed by atoms with Gasteiger partial charge in [-0.25, -0.2) is 0 Å². The van der Waals surface area contributed by atoms with Crippen LogP contribution in [0.3, 0.4) is 0 Å². The predicted octanol–water partition coefficient (Wildman–Crippen LogP) is 4.96. The van der Waals surface area contributed by atoms with Crippen molar-refractivity contribution >= 4 is 28.8 Å². The lowest BCUT2D eigenvalue weighted by molar-refractivity contribution is 0.0997. The number of amides is 1. The molecule has 0 bridgehead atoms. The second kappa shape index (κ2) is 6.49. The molecule has 2 aromatic rings. The highest BCUT2D eigenvalue weighted by Gasteiger charge is 2.27. The lowest BCUT2D eigenvalue weighted by atomic mass is 9.93. The van der Waals surface area contributed by atoms with Crippen LogP contribution < -0.4 is 4.80 Å². The second-order valence-electron chi connectivity index (χ2n) is 7.53. The highest BCUT2D eigenvalue weighted by Crippen LogP contribution is 2.33. The van der Waals surface area contributed by atoms with Gasteiger partial charge in [0.1, 0.15) is 0 Å². The summed E-state index contributed by atoms with van der Waals surface area (Å²) in [5, 5.41) is 0.623. The highest BCUT2D eigenvalue weighted by atomic mass is 35.5. The highest BCUT2D eigenvalue weighted by molar-refractivity contribution is 7.09. The zero-order valence-corrected chi connectivity index (χ0v) is 16.2. The molecule has 1 saturated carbocycles.